The van der Waals surface area contributed by atoms with Gasteiger partial charge in [-0.05, 0) is 67.6 Å². The van der Waals surface area contributed by atoms with Crippen molar-refractivity contribution in [3.63, 3.8) is 0 Å². The number of carbonyl (C=O) groups excluding carboxylic acids is 2. The fraction of sp³-hybridized carbons (Fsp3) is 0.462. The summed E-state index contributed by atoms with van der Waals surface area (Å²) in [6.07, 6.45) is 4.76. The second kappa shape index (κ2) is 11.9. The molecule has 1 aliphatic carbocycles. The zero-order valence-corrected chi connectivity index (χ0v) is 20.4. The Morgan fingerprint density at radius 1 is 1.12 bits per heavy atom. The fourth-order valence-corrected chi connectivity index (χ4v) is 4.27. The highest BCUT2D eigenvalue weighted by Gasteiger charge is 2.30. The Balaban J connectivity index is 1.76. The van der Waals surface area contributed by atoms with E-state index in [2.05, 4.69) is 5.32 Å². The number of hydrogen-bond donors (Lipinski definition) is 1. The molecule has 0 bridgehead atoms. The maximum Gasteiger partial charge on any atom is 0.261 e. The molecule has 33 heavy (non-hydrogen) atoms. The van der Waals surface area contributed by atoms with E-state index in [1.165, 1.54) is 0 Å². The summed E-state index contributed by atoms with van der Waals surface area (Å²) in [6, 6.07) is 12.4. The average molecular weight is 473 g/mol. The first kappa shape index (κ1) is 24.9. The molecule has 0 radical (unpaired) electrons. The third-order valence-corrected chi connectivity index (χ3v) is 6.52. The molecular formula is C26H33ClN2O4. The Morgan fingerprint density at radius 3 is 2.39 bits per heavy atom. The summed E-state index contributed by atoms with van der Waals surface area (Å²) in [4.78, 5) is 28.1. The molecule has 6 nitrogen and oxygen atoms in total. The molecule has 1 saturated carbocycles. The molecule has 0 spiro atoms. The maximum atomic E-state index is 13.3. The normalized spacial score (nSPS) is 14.5. The molecule has 0 unspecified atom stereocenters. The highest BCUT2D eigenvalue weighted by Crippen LogP contribution is 2.22. The summed E-state index contributed by atoms with van der Waals surface area (Å²) in [5, 5.41) is 3.79. The zero-order valence-electron chi connectivity index (χ0n) is 19.6. The Bertz CT molecular complexity index is 942. The van der Waals surface area contributed by atoms with Crippen molar-refractivity contribution >= 4 is 23.4 Å². The van der Waals surface area contributed by atoms with Crippen LogP contribution in [0, 0.1) is 6.92 Å². The summed E-state index contributed by atoms with van der Waals surface area (Å²) < 4.78 is 11.0. The minimum atomic E-state index is -0.573. The highest BCUT2D eigenvalue weighted by atomic mass is 35.5. The molecule has 2 aromatic carbocycles. The summed E-state index contributed by atoms with van der Waals surface area (Å²) in [5.74, 6) is 0.961. The van der Waals surface area contributed by atoms with Crippen molar-refractivity contribution in [3.8, 4) is 11.5 Å². The lowest BCUT2D eigenvalue weighted by molar-refractivity contribution is -0.143. The van der Waals surface area contributed by atoms with Gasteiger partial charge in [0.2, 0.25) is 5.91 Å². The minimum absolute atomic E-state index is 0.103. The van der Waals surface area contributed by atoms with Crippen LogP contribution in [0.25, 0.3) is 0 Å². The number of benzene rings is 2. The topological polar surface area (TPSA) is 67.9 Å². The molecule has 1 atom stereocenters. The zero-order chi connectivity index (χ0) is 23.8. The number of aryl methyl sites for hydroxylation is 1. The second-order valence-electron chi connectivity index (χ2n) is 8.48. The number of ether oxygens (including phenoxy) is 2. The molecular weight excluding hydrogens is 440 g/mol. The smallest absolute Gasteiger partial charge is 0.261 e. The molecule has 0 aliphatic heterocycles. The largest absolute Gasteiger partial charge is 0.497 e. The molecule has 0 aromatic heterocycles. The molecule has 1 N–H and O–H groups in total. The van der Waals surface area contributed by atoms with Gasteiger partial charge in [0.1, 0.15) is 17.5 Å². The lowest BCUT2D eigenvalue weighted by Gasteiger charge is -2.31. The first-order valence-corrected chi connectivity index (χ1v) is 11.9. The third kappa shape index (κ3) is 6.87. The first-order chi connectivity index (χ1) is 15.9. The van der Waals surface area contributed by atoms with E-state index >= 15 is 0 Å². The third-order valence-electron chi connectivity index (χ3n) is 6.09. The SMILES string of the molecule is CC[C@H](C(=O)NC1CCCC1)N(Cc1ccc(OC)cc1)C(=O)COc1ccc(Cl)c(C)c1. The number of rotatable bonds is 10. The first-order valence-electron chi connectivity index (χ1n) is 11.5. The number of methoxy groups -OCH3 is 1. The molecule has 0 saturated heterocycles. The van der Waals surface area contributed by atoms with E-state index < -0.39 is 6.04 Å². The summed E-state index contributed by atoms with van der Waals surface area (Å²) in [7, 11) is 1.61. The molecule has 1 aliphatic rings. The van der Waals surface area contributed by atoms with Crippen molar-refractivity contribution in [2.45, 2.75) is 64.6 Å². The van der Waals surface area contributed by atoms with Gasteiger partial charge < -0.3 is 19.7 Å². The summed E-state index contributed by atoms with van der Waals surface area (Å²) in [6.45, 7) is 3.96. The van der Waals surface area contributed by atoms with E-state index in [1.54, 1.807) is 30.2 Å². The van der Waals surface area contributed by atoms with Crippen LogP contribution in [0.15, 0.2) is 42.5 Å². The van der Waals surface area contributed by atoms with Crippen LogP contribution in [-0.4, -0.2) is 42.5 Å². The Labute approximate surface area is 201 Å². The molecule has 7 heteroatoms. The predicted molar refractivity (Wildman–Crippen MR) is 130 cm³/mol. The standard InChI is InChI=1S/C26H33ClN2O4/c1-4-24(26(31)28-20-7-5-6-8-20)29(16-19-9-11-21(32-3)12-10-19)25(30)17-33-22-13-14-23(27)18(2)15-22/h9-15,20,24H,4-8,16-17H2,1-3H3,(H,28,31)/t24-/m1/s1. The molecule has 2 aromatic rings. The van der Waals surface area contributed by atoms with Crippen molar-refractivity contribution in [2.75, 3.05) is 13.7 Å². The predicted octanol–water partition coefficient (Wildman–Crippen LogP) is 4.90. The number of amides is 2. The van der Waals surface area contributed by atoms with E-state index in [0.29, 0.717) is 23.7 Å². The van der Waals surface area contributed by atoms with Gasteiger partial charge in [0.05, 0.1) is 7.11 Å². The van der Waals surface area contributed by atoms with Crippen molar-refractivity contribution < 1.29 is 19.1 Å². The van der Waals surface area contributed by atoms with Crippen LogP contribution < -0.4 is 14.8 Å². The number of nitrogens with zero attached hydrogens (tertiary/aromatic N) is 1. The lowest BCUT2D eigenvalue weighted by Crippen LogP contribution is -2.52. The molecule has 0 heterocycles. The van der Waals surface area contributed by atoms with Crippen LogP contribution in [0.3, 0.4) is 0 Å². The van der Waals surface area contributed by atoms with Gasteiger partial charge in [-0.3, -0.25) is 9.59 Å². The average Bonchev–Trinajstić information content (AvgIpc) is 3.33. The van der Waals surface area contributed by atoms with Crippen molar-refractivity contribution in [3.05, 3.63) is 58.6 Å². The van der Waals surface area contributed by atoms with Gasteiger partial charge in [0, 0.05) is 17.6 Å². The fourth-order valence-electron chi connectivity index (χ4n) is 4.15. The van der Waals surface area contributed by atoms with Gasteiger partial charge in [0.15, 0.2) is 6.61 Å². The van der Waals surface area contributed by atoms with Crippen LogP contribution in [0.5, 0.6) is 11.5 Å². The Kier molecular flexibility index (Phi) is 9.01. The van der Waals surface area contributed by atoms with Crippen LogP contribution in [0.1, 0.15) is 50.2 Å². The number of nitrogens with one attached hydrogen (secondary N) is 1. The van der Waals surface area contributed by atoms with Crippen molar-refractivity contribution in [2.24, 2.45) is 0 Å². The maximum absolute atomic E-state index is 13.3. The molecule has 178 valence electrons. The van der Waals surface area contributed by atoms with E-state index in [1.807, 2.05) is 38.1 Å². The van der Waals surface area contributed by atoms with Crippen molar-refractivity contribution in [1.82, 2.24) is 10.2 Å². The van der Waals surface area contributed by atoms with Crippen LogP contribution in [0.4, 0.5) is 0 Å². The van der Waals surface area contributed by atoms with E-state index in [0.717, 1.165) is 42.6 Å². The van der Waals surface area contributed by atoms with E-state index in [4.69, 9.17) is 21.1 Å². The van der Waals surface area contributed by atoms with Gasteiger partial charge in [-0.15, -0.1) is 0 Å². The Morgan fingerprint density at radius 2 is 1.79 bits per heavy atom. The second-order valence-corrected chi connectivity index (χ2v) is 8.89. The lowest BCUT2D eigenvalue weighted by atomic mass is 10.1. The quantitative estimate of drug-likeness (QED) is 0.534. The van der Waals surface area contributed by atoms with Crippen LogP contribution >= 0.6 is 11.6 Å². The number of halogens is 1. The van der Waals surface area contributed by atoms with Gasteiger partial charge in [0.25, 0.3) is 5.91 Å². The van der Waals surface area contributed by atoms with Crippen molar-refractivity contribution in [1.29, 1.82) is 0 Å². The summed E-state index contributed by atoms with van der Waals surface area (Å²) in [5.41, 5.74) is 1.79. The minimum Gasteiger partial charge on any atom is -0.497 e. The molecule has 3 rings (SSSR count). The number of carbonyl (C=O) groups is 2. The van der Waals surface area contributed by atoms with E-state index in [9.17, 15) is 9.59 Å². The Hall–Kier alpha value is -2.73. The van der Waals surface area contributed by atoms with Gasteiger partial charge in [-0.25, -0.2) is 0 Å². The molecule has 1 fully saturated rings. The highest BCUT2D eigenvalue weighted by molar-refractivity contribution is 6.31. The molecule has 2 amide bonds. The van der Waals surface area contributed by atoms with Gasteiger partial charge >= 0.3 is 0 Å². The van der Waals surface area contributed by atoms with Gasteiger partial charge in [-0.2, -0.15) is 0 Å². The number of hydrogen-bond acceptors (Lipinski definition) is 4. The van der Waals surface area contributed by atoms with Crippen LogP contribution in [-0.2, 0) is 16.1 Å². The monoisotopic (exact) mass is 472 g/mol. The summed E-state index contributed by atoms with van der Waals surface area (Å²) >= 11 is 6.09. The van der Waals surface area contributed by atoms with Crippen LogP contribution in [0.2, 0.25) is 5.02 Å². The van der Waals surface area contributed by atoms with E-state index in [-0.39, 0.29) is 24.5 Å². The van der Waals surface area contributed by atoms with Gasteiger partial charge in [-0.1, -0.05) is 43.5 Å².